The molecule has 1 fully saturated rings. The molecule has 2 N–H and O–H groups in total. The van der Waals surface area contributed by atoms with Crippen molar-refractivity contribution in [3.63, 3.8) is 0 Å². The van der Waals surface area contributed by atoms with E-state index < -0.39 is 11.7 Å². The van der Waals surface area contributed by atoms with Crippen LogP contribution in [0.25, 0.3) is 0 Å². The lowest BCUT2D eigenvalue weighted by Crippen LogP contribution is -2.23. The lowest BCUT2D eigenvalue weighted by Gasteiger charge is -2.21. The molecule has 104 valence electrons. The van der Waals surface area contributed by atoms with Crippen LogP contribution in [-0.4, -0.2) is 27.7 Å². The minimum Gasteiger partial charge on any atom is -0.392 e. The Morgan fingerprint density at radius 2 is 2.17 bits per heavy atom. The fraction of sp³-hybridized carbons (Fsp3) is 0.800. The zero-order valence-electron chi connectivity index (χ0n) is 11.7. The van der Waals surface area contributed by atoms with Crippen molar-refractivity contribution in [2.45, 2.75) is 64.6 Å². The molecule has 4 atom stereocenters. The van der Waals surface area contributed by atoms with Gasteiger partial charge in [-0.25, -0.2) is 0 Å². The first-order valence-corrected chi connectivity index (χ1v) is 6.97. The Bertz CT molecular complexity index is 307. The van der Waals surface area contributed by atoms with E-state index >= 15 is 0 Å². The molecule has 1 unspecified atom stereocenters. The third-order valence-corrected chi connectivity index (χ3v) is 3.92. The van der Waals surface area contributed by atoms with Crippen molar-refractivity contribution in [3.8, 4) is 0 Å². The number of ketones is 1. The van der Waals surface area contributed by atoms with Gasteiger partial charge in [0.1, 0.15) is 5.78 Å². The molecule has 1 rings (SSSR count). The van der Waals surface area contributed by atoms with Gasteiger partial charge in [-0.15, -0.1) is 0 Å². The number of hydrogen-bond acceptors (Lipinski definition) is 3. The van der Waals surface area contributed by atoms with Crippen LogP contribution in [0.1, 0.15) is 52.9 Å². The summed E-state index contributed by atoms with van der Waals surface area (Å²) >= 11 is 0. The van der Waals surface area contributed by atoms with Gasteiger partial charge in [0.25, 0.3) is 0 Å². The Morgan fingerprint density at radius 1 is 1.50 bits per heavy atom. The highest BCUT2D eigenvalue weighted by atomic mass is 16.3. The number of rotatable bonds is 6. The second kappa shape index (κ2) is 6.48. The second-order valence-corrected chi connectivity index (χ2v) is 5.84. The monoisotopic (exact) mass is 254 g/mol. The normalized spacial score (nSPS) is 32.1. The standard InChI is InChI=1S/C15H26O3/c1-4-5-8-15(3,18)9-6-7-12-11(2)13(16)10-14(12)17/h6-7,11-12,14,17-18H,4-5,8-10H2,1-3H3/b7-6+/t11-,12-,14-,15?/m1/s1. The van der Waals surface area contributed by atoms with Crippen LogP contribution in [-0.2, 0) is 4.79 Å². The molecule has 1 saturated carbocycles. The van der Waals surface area contributed by atoms with Crippen molar-refractivity contribution in [2.24, 2.45) is 11.8 Å². The van der Waals surface area contributed by atoms with Gasteiger partial charge in [-0.1, -0.05) is 38.8 Å². The number of carbonyl (C=O) groups is 1. The van der Waals surface area contributed by atoms with Crippen LogP contribution < -0.4 is 0 Å². The van der Waals surface area contributed by atoms with Crippen LogP contribution in [0.2, 0.25) is 0 Å². The predicted molar refractivity (Wildman–Crippen MR) is 72.2 cm³/mol. The van der Waals surface area contributed by atoms with E-state index in [9.17, 15) is 15.0 Å². The lowest BCUT2D eigenvalue weighted by molar-refractivity contribution is -0.120. The molecule has 3 nitrogen and oxygen atoms in total. The van der Waals surface area contributed by atoms with E-state index in [4.69, 9.17) is 0 Å². The zero-order valence-corrected chi connectivity index (χ0v) is 11.7. The molecule has 1 aliphatic rings. The first-order chi connectivity index (χ1) is 8.37. The van der Waals surface area contributed by atoms with Crippen molar-refractivity contribution in [2.75, 3.05) is 0 Å². The maximum Gasteiger partial charge on any atom is 0.138 e. The maximum absolute atomic E-state index is 11.5. The smallest absolute Gasteiger partial charge is 0.138 e. The summed E-state index contributed by atoms with van der Waals surface area (Å²) < 4.78 is 0. The van der Waals surface area contributed by atoms with Gasteiger partial charge in [0.2, 0.25) is 0 Å². The predicted octanol–water partition coefficient (Wildman–Crippen LogP) is 2.46. The van der Waals surface area contributed by atoms with Gasteiger partial charge in [0, 0.05) is 18.3 Å². The summed E-state index contributed by atoms with van der Waals surface area (Å²) in [5.74, 6) is -0.0498. The molecule has 0 bridgehead atoms. The highest BCUT2D eigenvalue weighted by molar-refractivity contribution is 5.84. The number of aliphatic hydroxyl groups excluding tert-OH is 1. The minimum absolute atomic E-state index is 0.0838. The summed E-state index contributed by atoms with van der Waals surface area (Å²) in [5.41, 5.74) is -0.677. The fourth-order valence-corrected chi connectivity index (χ4v) is 2.51. The third-order valence-electron chi connectivity index (χ3n) is 3.92. The quantitative estimate of drug-likeness (QED) is 0.716. The molecule has 0 spiro atoms. The topological polar surface area (TPSA) is 57.5 Å². The van der Waals surface area contributed by atoms with Crippen LogP contribution in [0.15, 0.2) is 12.2 Å². The molecular formula is C15H26O3. The van der Waals surface area contributed by atoms with E-state index in [0.717, 1.165) is 19.3 Å². The zero-order chi connectivity index (χ0) is 13.8. The summed E-state index contributed by atoms with van der Waals surface area (Å²) in [4.78, 5) is 11.5. The van der Waals surface area contributed by atoms with Gasteiger partial charge in [-0.3, -0.25) is 4.79 Å². The summed E-state index contributed by atoms with van der Waals surface area (Å²) in [7, 11) is 0. The van der Waals surface area contributed by atoms with Gasteiger partial charge >= 0.3 is 0 Å². The van der Waals surface area contributed by atoms with E-state index in [1.165, 1.54) is 0 Å². The summed E-state index contributed by atoms with van der Waals surface area (Å²) in [6, 6.07) is 0. The van der Waals surface area contributed by atoms with Crippen molar-refractivity contribution in [1.82, 2.24) is 0 Å². The molecule has 18 heavy (non-hydrogen) atoms. The third kappa shape index (κ3) is 4.21. The molecule has 0 amide bonds. The van der Waals surface area contributed by atoms with E-state index in [2.05, 4.69) is 6.92 Å². The molecule has 0 heterocycles. The Balaban J connectivity index is 2.47. The van der Waals surface area contributed by atoms with Gasteiger partial charge in [-0.2, -0.15) is 0 Å². The first-order valence-electron chi connectivity index (χ1n) is 6.97. The molecule has 3 heteroatoms. The van der Waals surface area contributed by atoms with E-state index in [-0.39, 0.29) is 24.0 Å². The highest BCUT2D eigenvalue weighted by Crippen LogP contribution is 2.30. The maximum atomic E-state index is 11.5. The van der Waals surface area contributed by atoms with Gasteiger partial charge in [0.05, 0.1) is 11.7 Å². The van der Waals surface area contributed by atoms with Crippen molar-refractivity contribution in [3.05, 3.63) is 12.2 Å². The highest BCUT2D eigenvalue weighted by Gasteiger charge is 2.36. The molecular weight excluding hydrogens is 228 g/mol. The number of Topliss-reactive ketones (excluding diaryl/α,β-unsaturated/α-hetero) is 1. The van der Waals surface area contributed by atoms with Crippen molar-refractivity contribution in [1.29, 1.82) is 0 Å². The number of aliphatic hydroxyl groups is 2. The van der Waals surface area contributed by atoms with E-state index in [1.807, 2.05) is 26.0 Å². The SMILES string of the molecule is CCCCC(C)(O)C/C=C/[C@H]1[C@H](O)CC(=O)[C@@H]1C. The molecule has 0 saturated heterocycles. The molecule has 0 aliphatic heterocycles. The summed E-state index contributed by atoms with van der Waals surface area (Å²) in [5, 5.41) is 19.9. The van der Waals surface area contributed by atoms with Crippen LogP contribution in [0.4, 0.5) is 0 Å². The lowest BCUT2D eigenvalue weighted by atomic mass is 9.92. The average Bonchev–Trinajstić information content (AvgIpc) is 2.53. The van der Waals surface area contributed by atoms with Crippen molar-refractivity contribution >= 4 is 5.78 Å². The number of hydrogen-bond donors (Lipinski definition) is 2. The number of carbonyl (C=O) groups excluding carboxylic acids is 1. The molecule has 0 aromatic carbocycles. The van der Waals surface area contributed by atoms with Gasteiger partial charge in [-0.05, 0) is 19.8 Å². The largest absolute Gasteiger partial charge is 0.392 e. The fourth-order valence-electron chi connectivity index (χ4n) is 2.51. The van der Waals surface area contributed by atoms with Crippen LogP contribution in [0.5, 0.6) is 0 Å². The molecule has 1 aliphatic carbocycles. The second-order valence-electron chi connectivity index (χ2n) is 5.84. The number of unbranched alkanes of at least 4 members (excludes halogenated alkanes) is 1. The summed E-state index contributed by atoms with van der Waals surface area (Å²) in [6.07, 6.45) is 6.99. The molecule has 0 aromatic rings. The Morgan fingerprint density at radius 3 is 2.67 bits per heavy atom. The average molecular weight is 254 g/mol. The Kier molecular flexibility index (Phi) is 5.54. The van der Waals surface area contributed by atoms with Crippen LogP contribution in [0, 0.1) is 11.8 Å². The van der Waals surface area contributed by atoms with Crippen molar-refractivity contribution < 1.29 is 15.0 Å². The molecule has 0 aromatic heterocycles. The van der Waals surface area contributed by atoms with Crippen LogP contribution in [0.3, 0.4) is 0 Å². The van der Waals surface area contributed by atoms with E-state index in [0.29, 0.717) is 6.42 Å². The van der Waals surface area contributed by atoms with Crippen LogP contribution >= 0.6 is 0 Å². The first kappa shape index (κ1) is 15.4. The van der Waals surface area contributed by atoms with E-state index in [1.54, 1.807) is 0 Å². The Hall–Kier alpha value is -0.670. The van der Waals surface area contributed by atoms with Gasteiger partial charge in [0.15, 0.2) is 0 Å². The Labute approximate surface area is 110 Å². The summed E-state index contributed by atoms with van der Waals surface area (Å²) in [6.45, 7) is 5.81. The molecule has 0 radical (unpaired) electrons. The minimum atomic E-state index is -0.677. The van der Waals surface area contributed by atoms with Gasteiger partial charge < -0.3 is 10.2 Å².